The molecule has 0 saturated heterocycles. The molecule has 1 N–H and O–H groups in total. The third kappa shape index (κ3) is 3.03. The fourth-order valence-corrected chi connectivity index (χ4v) is 3.73. The van der Waals surface area contributed by atoms with E-state index in [1.165, 1.54) is 23.1 Å². The van der Waals surface area contributed by atoms with Crippen molar-refractivity contribution in [1.82, 2.24) is 0 Å². The zero-order valence-corrected chi connectivity index (χ0v) is 12.8. The van der Waals surface area contributed by atoms with E-state index in [1.54, 1.807) is 0 Å². The summed E-state index contributed by atoms with van der Waals surface area (Å²) in [4.78, 5) is 0. The van der Waals surface area contributed by atoms with E-state index < -0.39 is 5.60 Å². The number of aryl methyl sites for hydroxylation is 1. The molecule has 0 aliphatic heterocycles. The van der Waals surface area contributed by atoms with Gasteiger partial charge in [-0.3, -0.25) is 0 Å². The smallest absolute Gasteiger partial charge is 0.0756 e. The van der Waals surface area contributed by atoms with Crippen molar-refractivity contribution in [3.63, 3.8) is 0 Å². The predicted molar refractivity (Wildman–Crippen MR) is 87.5 cm³/mol. The SMILES string of the molecule is Cc1ccccc1CC1(O)CCCCC1c1ccccc1. The summed E-state index contributed by atoms with van der Waals surface area (Å²) in [6.07, 6.45) is 5.11. The van der Waals surface area contributed by atoms with Gasteiger partial charge in [-0.2, -0.15) is 0 Å². The van der Waals surface area contributed by atoms with Crippen LogP contribution in [0.4, 0.5) is 0 Å². The molecule has 2 unspecified atom stereocenters. The van der Waals surface area contributed by atoms with E-state index in [-0.39, 0.29) is 5.92 Å². The number of aliphatic hydroxyl groups is 1. The average Bonchev–Trinajstić information content (AvgIpc) is 2.51. The van der Waals surface area contributed by atoms with Crippen molar-refractivity contribution in [1.29, 1.82) is 0 Å². The number of benzene rings is 2. The van der Waals surface area contributed by atoms with E-state index in [9.17, 15) is 5.11 Å². The second kappa shape index (κ2) is 6.03. The maximum atomic E-state index is 11.4. The minimum absolute atomic E-state index is 0.257. The minimum Gasteiger partial charge on any atom is -0.389 e. The first-order valence-electron chi connectivity index (χ1n) is 8.01. The minimum atomic E-state index is -0.605. The molecular weight excluding hydrogens is 256 g/mol. The third-order valence-corrected chi connectivity index (χ3v) is 4.96. The van der Waals surface area contributed by atoms with Gasteiger partial charge in [0.25, 0.3) is 0 Å². The fourth-order valence-electron chi connectivity index (χ4n) is 3.73. The van der Waals surface area contributed by atoms with Crippen LogP contribution in [0.2, 0.25) is 0 Å². The maximum Gasteiger partial charge on any atom is 0.0756 e. The summed E-state index contributed by atoms with van der Waals surface area (Å²) in [6, 6.07) is 19.0. The average molecular weight is 280 g/mol. The van der Waals surface area contributed by atoms with Gasteiger partial charge >= 0.3 is 0 Å². The molecule has 2 aromatic carbocycles. The second-order valence-electron chi connectivity index (χ2n) is 6.42. The zero-order chi connectivity index (χ0) is 14.7. The zero-order valence-electron chi connectivity index (χ0n) is 12.8. The fraction of sp³-hybridized carbons (Fsp3) is 0.400. The maximum absolute atomic E-state index is 11.4. The van der Waals surface area contributed by atoms with E-state index in [1.807, 2.05) is 6.07 Å². The largest absolute Gasteiger partial charge is 0.389 e. The van der Waals surface area contributed by atoms with Crippen molar-refractivity contribution in [3.8, 4) is 0 Å². The Hall–Kier alpha value is -1.60. The molecule has 1 aliphatic carbocycles. The van der Waals surface area contributed by atoms with Gasteiger partial charge in [-0.05, 0) is 36.5 Å². The Morgan fingerprint density at radius 2 is 1.71 bits per heavy atom. The van der Waals surface area contributed by atoms with Crippen molar-refractivity contribution in [2.24, 2.45) is 0 Å². The van der Waals surface area contributed by atoms with Crippen molar-refractivity contribution < 1.29 is 5.11 Å². The molecule has 0 spiro atoms. The van der Waals surface area contributed by atoms with Crippen LogP contribution in [0.5, 0.6) is 0 Å². The lowest BCUT2D eigenvalue weighted by Crippen LogP contribution is -2.41. The molecule has 0 radical (unpaired) electrons. The highest BCUT2D eigenvalue weighted by molar-refractivity contribution is 5.30. The number of rotatable bonds is 3. The summed E-state index contributed by atoms with van der Waals surface area (Å²) in [7, 11) is 0. The standard InChI is InChI=1S/C20H24O/c1-16-9-5-6-12-18(16)15-20(21)14-8-7-13-19(20)17-10-3-2-4-11-17/h2-6,9-12,19,21H,7-8,13-15H2,1H3. The summed E-state index contributed by atoms with van der Waals surface area (Å²) < 4.78 is 0. The second-order valence-corrected chi connectivity index (χ2v) is 6.42. The Morgan fingerprint density at radius 3 is 2.48 bits per heavy atom. The molecule has 21 heavy (non-hydrogen) atoms. The van der Waals surface area contributed by atoms with Crippen molar-refractivity contribution in [3.05, 3.63) is 71.3 Å². The van der Waals surface area contributed by atoms with E-state index in [4.69, 9.17) is 0 Å². The van der Waals surface area contributed by atoms with Crippen LogP contribution < -0.4 is 0 Å². The normalized spacial score (nSPS) is 25.7. The molecule has 3 rings (SSSR count). The Bertz CT molecular complexity index is 590. The highest BCUT2D eigenvalue weighted by atomic mass is 16.3. The lowest BCUT2D eigenvalue weighted by atomic mass is 9.69. The van der Waals surface area contributed by atoms with Gasteiger partial charge in [0.2, 0.25) is 0 Å². The van der Waals surface area contributed by atoms with Crippen LogP contribution in [0.1, 0.15) is 48.3 Å². The van der Waals surface area contributed by atoms with Crippen LogP contribution in [0, 0.1) is 6.92 Å². The van der Waals surface area contributed by atoms with Crippen LogP contribution in [0.25, 0.3) is 0 Å². The summed E-state index contributed by atoms with van der Waals surface area (Å²) in [5, 5.41) is 11.4. The van der Waals surface area contributed by atoms with Gasteiger partial charge in [0, 0.05) is 12.3 Å². The van der Waals surface area contributed by atoms with Crippen LogP contribution in [-0.2, 0) is 6.42 Å². The number of hydrogen-bond acceptors (Lipinski definition) is 1. The molecule has 1 nitrogen and oxygen atoms in total. The lowest BCUT2D eigenvalue weighted by Gasteiger charge is -2.41. The van der Waals surface area contributed by atoms with Crippen molar-refractivity contribution in [2.45, 2.75) is 50.5 Å². The Balaban J connectivity index is 1.91. The molecule has 1 aliphatic rings. The topological polar surface area (TPSA) is 20.2 Å². The number of hydrogen-bond donors (Lipinski definition) is 1. The molecule has 2 aromatic rings. The van der Waals surface area contributed by atoms with Gasteiger partial charge in [0.1, 0.15) is 0 Å². The Kier molecular flexibility index (Phi) is 4.12. The van der Waals surface area contributed by atoms with Gasteiger partial charge in [0.05, 0.1) is 5.60 Å². The van der Waals surface area contributed by atoms with Gasteiger partial charge < -0.3 is 5.11 Å². The van der Waals surface area contributed by atoms with Crippen molar-refractivity contribution >= 4 is 0 Å². The summed E-state index contributed by atoms with van der Waals surface area (Å²) >= 11 is 0. The molecule has 1 saturated carbocycles. The van der Waals surface area contributed by atoms with Crippen LogP contribution in [-0.4, -0.2) is 10.7 Å². The molecule has 0 aromatic heterocycles. The molecular formula is C20H24O. The first-order chi connectivity index (χ1) is 10.2. The Labute approximate surface area is 127 Å². The van der Waals surface area contributed by atoms with Gasteiger partial charge in [0.15, 0.2) is 0 Å². The van der Waals surface area contributed by atoms with Crippen LogP contribution in [0.3, 0.4) is 0 Å². The van der Waals surface area contributed by atoms with Crippen molar-refractivity contribution in [2.75, 3.05) is 0 Å². The van der Waals surface area contributed by atoms with Gasteiger partial charge in [-0.1, -0.05) is 67.4 Å². The third-order valence-electron chi connectivity index (χ3n) is 4.96. The van der Waals surface area contributed by atoms with E-state index in [0.717, 1.165) is 25.7 Å². The van der Waals surface area contributed by atoms with E-state index in [0.29, 0.717) is 0 Å². The predicted octanol–water partition coefficient (Wildman–Crippen LogP) is 4.63. The van der Waals surface area contributed by atoms with E-state index in [2.05, 4.69) is 55.5 Å². The highest BCUT2D eigenvalue weighted by Crippen LogP contribution is 2.43. The first-order valence-corrected chi connectivity index (χ1v) is 8.01. The molecule has 2 atom stereocenters. The molecule has 1 fully saturated rings. The molecule has 0 amide bonds. The van der Waals surface area contributed by atoms with Crippen LogP contribution in [0.15, 0.2) is 54.6 Å². The van der Waals surface area contributed by atoms with Crippen LogP contribution >= 0.6 is 0 Å². The Morgan fingerprint density at radius 1 is 1.00 bits per heavy atom. The first kappa shape index (κ1) is 14.3. The summed E-state index contributed by atoms with van der Waals surface area (Å²) in [5.74, 6) is 0.257. The lowest BCUT2D eigenvalue weighted by molar-refractivity contribution is -0.0168. The van der Waals surface area contributed by atoms with Gasteiger partial charge in [-0.15, -0.1) is 0 Å². The summed E-state index contributed by atoms with van der Waals surface area (Å²) in [5.41, 5.74) is 3.24. The quantitative estimate of drug-likeness (QED) is 0.869. The summed E-state index contributed by atoms with van der Waals surface area (Å²) in [6.45, 7) is 2.14. The molecule has 0 bridgehead atoms. The molecule has 0 heterocycles. The monoisotopic (exact) mass is 280 g/mol. The van der Waals surface area contributed by atoms with Gasteiger partial charge in [-0.25, -0.2) is 0 Å². The molecule has 110 valence electrons. The van der Waals surface area contributed by atoms with E-state index >= 15 is 0 Å². The highest BCUT2D eigenvalue weighted by Gasteiger charge is 2.39. The molecule has 1 heteroatoms.